The number of para-hydroxylation sites is 1. The highest BCUT2D eigenvalue weighted by molar-refractivity contribution is 6.32. The minimum Gasteiger partial charge on any atom is -0.309 e. The third-order valence-electron chi connectivity index (χ3n) is 11.7. The standard InChI is InChI=1S/C33H23N.2C13H12.C5H8.C2H6/c1-22-14-16-23(17-15-22)24-18-20-25(21-19-24)34-31-13-7-6-12-30(31)32-28-10-4-2-8-26(28)27-9-3-5-11-29(27)33(32)34;2*1-11-7-9-13(10-8-11)12-5-3-2-4-6-12;1-3-5-4-2;1-2/h2-21H,1H3;2*2-10H,1H3;3-5H,1H2,2H3;1-2H3/b;;;5-4-;. The first-order valence-electron chi connectivity index (χ1n) is 23.4. The number of fused-ring (bicyclic) bond motifs is 8. The van der Waals surface area contributed by atoms with Gasteiger partial charge in [-0.25, -0.2) is 0 Å². The monoisotopic (exact) mass is 867 g/mol. The highest BCUT2D eigenvalue weighted by atomic mass is 15.0. The predicted octanol–water partition coefficient (Wildman–Crippen LogP) is 19.2. The zero-order valence-electron chi connectivity index (χ0n) is 39.8. The van der Waals surface area contributed by atoms with E-state index >= 15 is 0 Å². The van der Waals surface area contributed by atoms with Crippen LogP contribution in [0.3, 0.4) is 0 Å². The van der Waals surface area contributed by atoms with Gasteiger partial charge >= 0.3 is 0 Å². The van der Waals surface area contributed by atoms with Crippen molar-refractivity contribution in [3.8, 4) is 39.1 Å². The van der Waals surface area contributed by atoms with E-state index in [1.807, 2.05) is 45.1 Å². The molecular formula is C66H61N. The van der Waals surface area contributed by atoms with Crippen LogP contribution in [-0.4, -0.2) is 4.57 Å². The van der Waals surface area contributed by atoms with Gasteiger partial charge in [-0.05, 0) is 95.4 Å². The maximum absolute atomic E-state index is 3.46. The Balaban J connectivity index is 0.000000165. The molecule has 67 heavy (non-hydrogen) atoms. The number of hydrogen-bond acceptors (Lipinski definition) is 0. The summed E-state index contributed by atoms with van der Waals surface area (Å²) in [5.41, 5.74) is 15.2. The number of allylic oxidation sites excluding steroid dienone is 3. The van der Waals surface area contributed by atoms with Gasteiger partial charge in [0.2, 0.25) is 0 Å². The van der Waals surface area contributed by atoms with Crippen LogP contribution in [0.1, 0.15) is 37.5 Å². The summed E-state index contributed by atoms with van der Waals surface area (Å²) < 4.78 is 2.44. The van der Waals surface area contributed by atoms with Gasteiger partial charge in [-0.2, -0.15) is 0 Å². The molecule has 0 radical (unpaired) electrons. The van der Waals surface area contributed by atoms with E-state index in [4.69, 9.17) is 0 Å². The molecule has 11 rings (SSSR count). The van der Waals surface area contributed by atoms with Crippen LogP contribution >= 0.6 is 0 Å². The zero-order valence-corrected chi connectivity index (χ0v) is 39.8. The molecule has 0 aliphatic carbocycles. The van der Waals surface area contributed by atoms with E-state index in [1.54, 1.807) is 6.08 Å². The lowest BCUT2D eigenvalue weighted by atomic mass is 9.97. The van der Waals surface area contributed by atoms with Crippen molar-refractivity contribution in [1.29, 1.82) is 0 Å². The molecule has 0 saturated carbocycles. The second kappa shape index (κ2) is 23.3. The Labute approximate surface area is 398 Å². The molecular weight excluding hydrogens is 807 g/mol. The number of hydrogen-bond donors (Lipinski definition) is 0. The first kappa shape index (κ1) is 47.0. The fourth-order valence-electron chi connectivity index (χ4n) is 8.33. The molecule has 0 bridgehead atoms. The molecule has 0 saturated heterocycles. The average molecular weight is 868 g/mol. The highest BCUT2D eigenvalue weighted by Crippen LogP contribution is 2.42. The van der Waals surface area contributed by atoms with Crippen molar-refractivity contribution >= 4 is 43.4 Å². The van der Waals surface area contributed by atoms with E-state index < -0.39 is 0 Å². The molecule has 0 N–H and O–H groups in total. The van der Waals surface area contributed by atoms with Crippen molar-refractivity contribution in [1.82, 2.24) is 4.57 Å². The molecule has 0 atom stereocenters. The number of nitrogens with zero attached hydrogens (tertiary/aromatic N) is 1. The molecule has 0 amide bonds. The second-order valence-electron chi connectivity index (χ2n) is 16.3. The van der Waals surface area contributed by atoms with Gasteiger partial charge in [-0.15, -0.1) is 0 Å². The third-order valence-corrected chi connectivity index (χ3v) is 11.7. The Hall–Kier alpha value is -8.00. The molecule has 0 aliphatic rings. The van der Waals surface area contributed by atoms with Crippen molar-refractivity contribution in [2.75, 3.05) is 0 Å². The van der Waals surface area contributed by atoms with Crippen LogP contribution in [0.4, 0.5) is 0 Å². The Morgan fingerprint density at radius 2 is 0.672 bits per heavy atom. The summed E-state index contributed by atoms with van der Waals surface area (Å²) in [6, 6.07) is 82.2. The first-order chi connectivity index (χ1) is 32.9. The van der Waals surface area contributed by atoms with Gasteiger partial charge in [0.15, 0.2) is 0 Å². The Morgan fingerprint density at radius 1 is 0.343 bits per heavy atom. The van der Waals surface area contributed by atoms with Gasteiger partial charge in [-0.3, -0.25) is 0 Å². The molecule has 0 unspecified atom stereocenters. The highest BCUT2D eigenvalue weighted by Gasteiger charge is 2.18. The molecule has 0 aliphatic heterocycles. The fraction of sp³-hybridized carbons (Fsp3) is 0.0909. The first-order valence-corrected chi connectivity index (χ1v) is 23.4. The molecule has 10 aromatic carbocycles. The van der Waals surface area contributed by atoms with Gasteiger partial charge in [0, 0.05) is 21.8 Å². The second-order valence-corrected chi connectivity index (χ2v) is 16.3. The smallest absolute Gasteiger partial charge is 0.0625 e. The predicted molar refractivity (Wildman–Crippen MR) is 296 cm³/mol. The Bertz CT molecular complexity index is 3220. The lowest BCUT2D eigenvalue weighted by molar-refractivity contribution is 1.19. The van der Waals surface area contributed by atoms with Crippen LogP contribution in [0.2, 0.25) is 0 Å². The van der Waals surface area contributed by atoms with Crippen molar-refractivity contribution in [2.45, 2.75) is 41.5 Å². The summed E-state index contributed by atoms with van der Waals surface area (Å²) in [5.74, 6) is 0. The summed E-state index contributed by atoms with van der Waals surface area (Å²) in [4.78, 5) is 0. The lowest BCUT2D eigenvalue weighted by Gasteiger charge is -2.13. The molecule has 0 spiro atoms. The molecule has 330 valence electrons. The number of aryl methyl sites for hydroxylation is 3. The van der Waals surface area contributed by atoms with Crippen molar-refractivity contribution in [2.24, 2.45) is 0 Å². The Kier molecular flexibility index (Phi) is 16.3. The van der Waals surface area contributed by atoms with Gasteiger partial charge in [0.1, 0.15) is 0 Å². The van der Waals surface area contributed by atoms with E-state index in [2.05, 4.69) is 250 Å². The SMILES string of the molecule is C=C/C=C\C.CC.Cc1ccc(-c2ccc(-n3c4ccccc4c4c5ccccc5c5ccccc5c43)cc2)cc1.Cc1ccc(-c2ccccc2)cc1.Cc1ccc(-c2ccccc2)cc1. The minimum atomic E-state index is 1.18. The lowest BCUT2D eigenvalue weighted by Crippen LogP contribution is -1.95. The molecule has 1 heteroatoms. The van der Waals surface area contributed by atoms with Crippen molar-refractivity contribution in [3.63, 3.8) is 0 Å². The number of benzene rings is 10. The fourth-order valence-corrected chi connectivity index (χ4v) is 8.33. The quantitative estimate of drug-likeness (QED) is 0.120. The molecule has 1 aromatic heterocycles. The molecule has 1 heterocycles. The minimum absolute atomic E-state index is 1.18. The van der Waals surface area contributed by atoms with Crippen molar-refractivity contribution in [3.05, 3.63) is 272 Å². The largest absolute Gasteiger partial charge is 0.309 e. The van der Waals surface area contributed by atoms with Crippen LogP contribution in [0.25, 0.3) is 82.4 Å². The van der Waals surface area contributed by atoms with E-state index in [0.717, 1.165) is 0 Å². The van der Waals surface area contributed by atoms with E-state index in [1.165, 1.54) is 99.1 Å². The van der Waals surface area contributed by atoms with E-state index in [9.17, 15) is 0 Å². The average Bonchev–Trinajstić information content (AvgIpc) is 3.75. The number of rotatable bonds is 5. The molecule has 11 aromatic rings. The van der Waals surface area contributed by atoms with Gasteiger partial charge < -0.3 is 4.57 Å². The van der Waals surface area contributed by atoms with Crippen molar-refractivity contribution < 1.29 is 0 Å². The van der Waals surface area contributed by atoms with Crippen LogP contribution in [0.15, 0.2) is 255 Å². The van der Waals surface area contributed by atoms with Gasteiger partial charge in [-0.1, -0.05) is 268 Å². The van der Waals surface area contributed by atoms with Crippen LogP contribution in [-0.2, 0) is 0 Å². The summed E-state index contributed by atoms with van der Waals surface area (Å²) in [6.07, 6.45) is 5.58. The van der Waals surface area contributed by atoms with Crippen LogP contribution < -0.4 is 0 Å². The molecule has 0 fully saturated rings. The molecule has 1 nitrogen and oxygen atoms in total. The summed E-state index contributed by atoms with van der Waals surface area (Å²) in [5, 5.41) is 7.82. The zero-order chi connectivity index (χ0) is 47.0. The van der Waals surface area contributed by atoms with Crippen LogP contribution in [0.5, 0.6) is 0 Å². The maximum Gasteiger partial charge on any atom is 0.0625 e. The van der Waals surface area contributed by atoms with Gasteiger partial charge in [0.05, 0.1) is 11.0 Å². The topological polar surface area (TPSA) is 4.93 Å². The maximum atomic E-state index is 3.46. The van der Waals surface area contributed by atoms with Gasteiger partial charge in [0.25, 0.3) is 0 Å². The summed E-state index contributed by atoms with van der Waals surface area (Å²) in [6.45, 7) is 15.8. The Morgan fingerprint density at radius 3 is 1.07 bits per heavy atom. The summed E-state index contributed by atoms with van der Waals surface area (Å²) in [7, 11) is 0. The third kappa shape index (κ3) is 11.3. The number of aromatic nitrogens is 1. The summed E-state index contributed by atoms with van der Waals surface area (Å²) >= 11 is 0. The van der Waals surface area contributed by atoms with E-state index in [-0.39, 0.29) is 0 Å². The van der Waals surface area contributed by atoms with Crippen LogP contribution in [0, 0.1) is 20.8 Å². The van der Waals surface area contributed by atoms with E-state index in [0.29, 0.717) is 0 Å². The normalized spacial score (nSPS) is 10.5.